The molecule has 0 fully saturated rings. The summed E-state index contributed by atoms with van der Waals surface area (Å²) in [7, 11) is 3.43. The minimum Gasteiger partial charge on any atom is -0.497 e. The molecule has 1 unspecified atom stereocenters. The first-order chi connectivity index (χ1) is 11.2. The van der Waals surface area contributed by atoms with E-state index < -0.39 is 0 Å². The highest BCUT2D eigenvalue weighted by atomic mass is 16.5. The molecule has 0 aliphatic heterocycles. The molecular weight excluding hydrogens is 284 g/mol. The lowest BCUT2D eigenvalue weighted by atomic mass is 9.82. The summed E-state index contributed by atoms with van der Waals surface area (Å²) in [5, 5.41) is 0. The molecule has 0 bridgehead atoms. The second-order valence-electron chi connectivity index (χ2n) is 6.15. The second-order valence-corrected chi connectivity index (χ2v) is 6.15. The van der Waals surface area contributed by atoms with Gasteiger partial charge < -0.3 is 9.47 Å². The molecule has 0 amide bonds. The van der Waals surface area contributed by atoms with E-state index in [9.17, 15) is 0 Å². The van der Waals surface area contributed by atoms with Crippen LogP contribution < -0.4 is 9.47 Å². The maximum Gasteiger partial charge on any atom is 0.119 e. The van der Waals surface area contributed by atoms with E-state index >= 15 is 0 Å². The van der Waals surface area contributed by atoms with Crippen molar-refractivity contribution >= 4 is 5.57 Å². The summed E-state index contributed by atoms with van der Waals surface area (Å²) in [6.07, 6.45) is 5.84. The van der Waals surface area contributed by atoms with Crippen molar-refractivity contribution in [2.45, 2.75) is 32.1 Å². The monoisotopic (exact) mass is 308 g/mol. The molecule has 120 valence electrons. The molecule has 0 aromatic heterocycles. The molecular formula is C21H24O2. The highest BCUT2D eigenvalue weighted by Crippen LogP contribution is 2.37. The summed E-state index contributed by atoms with van der Waals surface area (Å²) >= 11 is 0. The molecule has 0 spiro atoms. The molecule has 0 saturated carbocycles. The van der Waals surface area contributed by atoms with E-state index in [1.807, 2.05) is 0 Å². The van der Waals surface area contributed by atoms with Gasteiger partial charge in [-0.1, -0.05) is 24.3 Å². The highest BCUT2D eigenvalue weighted by Gasteiger charge is 2.18. The van der Waals surface area contributed by atoms with Crippen molar-refractivity contribution in [2.24, 2.45) is 0 Å². The van der Waals surface area contributed by atoms with E-state index in [1.54, 1.807) is 14.2 Å². The van der Waals surface area contributed by atoms with E-state index in [0.29, 0.717) is 5.92 Å². The maximum absolute atomic E-state index is 5.30. The average molecular weight is 308 g/mol. The Morgan fingerprint density at radius 3 is 2.17 bits per heavy atom. The summed E-state index contributed by atoms with van der Waals surface area (Å²) in [5.74, 6) is 2.47. The van der Waals surface area contributed by atoms with E-state index in [4.69, 9.17) is 9.47 Å². The van der Waals surface area contributed by atoms with Crippen molar-refractivity contribution in [2.75, 3.05) is 14.2 Å². The number of rotatable bonds is 4. The largest absolute Gasteiger partial charge is 0.497 e. The average Bonchev–Trinajstić information content (AvgIpc) is 2.62. The van der Waals surface area contributed by atoms with Crippen molar-refractivity contribution in [3.63, 3.8) is 0 Å². The lowest BCUT2D eigenvalue weighted by molar-refractivity contribution is 0.414. The Labute approximate surface area is 138 Å². The predicted molar refractivity (Wildman–Crippen MR) is 95.3 cm³/mol. The first kappa shape index (κ1) is 15.7. The number of hydrogen-bond donors (Lipinski definition) is 0. The molecule has 0 N–H and O–H groups in total. The summed E-state index contributed by atoms with van der Waals surface area (Å²) < 4.78 is 10.5. The van der Waals surface area contributed by atoms with Crippen LogP contribution in [-0.2, 0) is 0 Å². The topological polar surface area (TPSA) is 18.5 Å². The summed E-state index contributed by atoms with van der Waals surface area (Å²) in [5.41, 5.74) is 5.53. The predicted octanol–water partition coefficient (Wildman–Crippen LogP) is 5.36. The molecule has 0 radical (unpaired) electrons. The molecule has 0 heterocycles. The Hall–Kier alpha value is -2.22. The zero-order valence-electron chi connectivity index (χ0n) is 14.1. The first-order valence-electron chi connectivity index (χ1n) is 8.19. The first-order valence-corrected chi connectivity index (χ1v) is 8.19. The van der Waals surface area contributed by atoms with Gasteiger partial charge in [0.15, 0.2) is 0 Å². The van der Waals surface area contributed by atoms with Crippen LogP contribution in [0.2, 0.25) is 0 Å². The van der Waals surface area contributed by atoms with Gasteiger partial charge >= 0.3 is 0 Å². The number of aryl methyl sites for hydroxylation is 1. The molecule has 23 heavy (non-hydrogen) atoms. The molecule has 1 aliphatic carbocycles. The Bertz CT molecular complexity index is 698. The van der Waals surface area contributed by atoms with Gasteiger partial charge in [0.2, 0.25) is 0 Å². The molecule has 2 nitrogen and oxygen atoms in total. The maximum atomic E-state index is 5.30. The van der Waals surface area contributed by atoms with Gasteiger partial charge in [-0.15, -0.1) is 0 Å². The number of allylic oxidation sites excluding steroid dienone is 2. The minimum absolute atomic E-state index is 0.614. The van der Waals surface area contributed by atoms with Gasteiger partial charge in [-0.3, -0.25) is 0 Å². The smallest absolute Gasteiger partial charge is 0.119 e. The Morgan fingerprint density at radius 2 is 1.61 bits per heavy atom. The highest BCUT2D eigenvalue weighted by molar-refractivity contribution is 5.69. The van der Waals surface area contributed by atoms with Crippen LogP contribution in [0.4, 0.5) is 0 Å². The Balaban J connectivity index is 1.75. The van der Waals surface area contributed by atoms with Gasteiger partial charge in [-0.2, -0.15) is 0 Å². The van der Waals surface area contributed by atoms with Gasteiger partial charge in [0.25, 0.3) is 0 Å². The SMILES string of the molecule is COc1ccc(C2CC=C(c3ccc(OC)cc3C)CC2)cc1. The summed E-state index contributed by atoms with van der Waals surface area (Å²) in [4.78, 5) is 0. The molecule has 0 saturated heterocycles. The zero-order valence-corrected chi connectivity index (χ0v) is 14.1. The number of ether oxygens (including phenoxy) is 2. The molecule has 3 rings (SSSR count). The van der Waals surface area contributed by atoms with E-state index in [0.717, 1.165) is 24.3 Å². The number of benzene rings is 2. The third kappa shape index (κ3) is 3.42. The second kappa shape index (κ2) is 6.91. The summed E-state index contributed by atoms with van der Waals surface area (Å²) in [6.45, 7) is 2.16. The van der Waals surface area contributed by atoms with Gasteiger partial charge in [0, 0.05) is 0 Å². The van der Waals surface area contributed by atoms with E-state index in [2.05, 4.69) is 55.5 Å². The van der Waals surface area contributed by atoms with Crippen LogP contribution in [0.25, 0.3) is 5.57 Å². The summed E-state index contributed by atoms with van der Waals surface area (Å²) in [6, 6.07) is 14.9. The zero-order chi connectivity index (χ0) is 16.2. The van der Waals surface area contributed by atoms with Crippen LogP contribution in [0.3, 0.4) is 0 Å². The number of methoxy groups -OCH3 is 2. The van der Waals surface area contributed by atoms with Crippen LogP contribution in [0, 0.1) is 6.92 Å². The van der Waals surface area contributed by atoms with Gasteiger partial charge in [-0.05, 0) is 78.6 Å². The van der Waals surface area contributed by atoms with Crippen molar-refractivity contribution in [3.8, 4) is 11.5 Å². The number of hydrogen-bond acceptors (Lipinski definition) is 2. The van der Waals surface area contributed by atoms with Crippen molar-refractivity contribution in [1.82, 2.24) is 0 Å². The van der Waals surface area contributed by atoms with Gasteiger partial charge in [0.05, 0.1) is 14.2 Å². The fourth-order valence-electron chi connectivity index (χ4n) is 3.38. The molecule has 2 aromatic rings. The minimum atomic E-state index is 0.614. The third-order valence-electron chi connectivity index (χ3n) is 4.78. The fourth-order valence-corrected chi connectivity index (χ4v) is 3.38. The van der Waals surface area contributed by atoms with Crippen LogP contribution in [-0.4, -0.2) is 14.2 Å². The van der Waals surface area contributed by atoms with Crippen molar-refractivity contribution in [3.05, 3.63) is 65.2 Å². The lowest BCUT2D eigenvalue weighted by Gasteiger charge is -2.23. The molecule has 1 aliphatic rings. The van der Waals surface area contributed by atoms with Crippen LogP contribution in [0.1, 0.15) is 41.9 Å². The van der Waals surface area contributed by atoms with Gasteiger partial charge in [0.1, 0.15) is 11.5 Å². The van der Waals surface area contributed by atoms with E-state index in [-0.39, 0.29) is 0 Å². The lowest BCUT2D eigenvalue weighted by Crippen LogP contribution is -2.05. The Morgan fingerprint density at radius 1 is 0.913 bits per heavy atom. The standard InChI is InChI=1S/C21H24O2/c1-15-14-20(23-3)12-13-21(15)18-6-4-16(5-7-18)17-8-10-19(22-2)11-9-17/h6,8-14,16H,4-5,7H2,1-3H3. The molecule has 2 aromatic carbocycles. The van der Waals surface area contributed by atoms with Crippen molar-refractivity contribution in [1.29, 1.82) is 0 Å². The van der Waals surface area contributed by atoms with E-state index in [1.165, 1.54) is 28.7 Å². The van der Waals surface area contributed by atoms with Crippen LogP contribution >= 0.6 is 0 Å². The molecule has 2 heteroatoms. The normalized spacial score (nSPS) is 17.5. The van der Waals surface area contributed by atoms with Crippen LogP contribution in [0.5, 0.6) is 11.5 Å². The fraction of sp³-hybridized carbons (Fsp3) is 0.333. The molecule has 1 atom stereocenters. The third-order valence-corrected chi connectivity index (χ3v) is 4.78. The Kier molecular flexibility index (Phi) is 4.71. The van der Waals surface area contributed by atoms with Crippen molar-refractivity contribution < 1.29 is 9.47 Å². The quantitative estimate of drug-likeness (QED) is 0.756. The van der Waals surface area contributed by atoms with Gasteiger partial charge in [-0.25, -0.2) is 0 Å². The van der Waals surface area contributed by atoms with Crippen LogP contribution in [0.15, 0.2) is 48.5 Å².